The fourth-order valence-corrected chi connectivity index (χ4v) is 1.65. The summed E-state index contributed by atoms with van der Waals surface area (Å²) in [6, 6.07) is 3.55. The predicted molar refractivity (Wildman–Crippen MR) is 64.8 cm³/mol. The normalized spacial score (nSPS) is 10.2. The molecule has 0 aliphatic carbocycles. The number of amides is 1. The standard InChI is InChI=1S/C11H11ClN4O/c1-8-3-5-13-11(12)10(8)15-9(17)7-16-6-2-4-14-16/h2-6H,7H2,1H3,(H,15,17). The quantitative estimate of drug-likeness (QED) is 0.846. The molecule has 0 aliphatic heterocycles. The smallest absolute Gasteiger partial charge is 0.246 e. The van der Waals surface area contributed by atoms with Crippen molar-refractivity contribution < 1.29 is 4.79 Å². The number of anilines is 1. The summed E-state index contributed by atoms with van der Waals surface area (Å²) < 4.78 is 1.54. The van der Waals surface area contributed by atoms with E-state index in [-0.39, 0.29) is 12.5 Å². The molecule has 2 rings (SSSR count). The molecule has 1 N–H and O–H groups in total. The molecule has 6 heteroatoms. The molecule has 88 valence electrons. The van der Waals surface area contributed by atoms with Gasteiger partial charge in [0.25, 0.3) is 0 Å². The summed E-state index contributed by atoms with van der Waals surface area (Å²) in [6.07, 6.45) is 4.94. The highest BCUT2D eigenvalue weighted by Crippen LogP contribution is 2.22. The maximum absolute atomic E-state index is 11.7. The zero-order chi connectivity index (χ0) is 12.3. The van der Waals surface area contributed by atoms with Gasteiger partial charge in [0.05, 0.1) is 5.69 Å². The van der Waals surface area contributed by atoms with Crippen LogP contribution in [0.2, 0.25) is 5.15 Å². The average molecular weight is 251 g/mol. The van der Waals surface area contributed by atoms with Crippen molar-refractivity contribution in [2.45, 2.75) is 13.5 Å². The lowest BCUT2D eigenvalue weighted by Crippen LogP contribution is -2.19. The van der Waals surface area contributed by atoms with Gasteiger partial charge in [-0.1, -0.05) is 11.6 Å². The number of aryl methyl sites for hydroxylation is 1. The fourth-order valence-electron chi connectivity index (χ4n) is 1.40. The highest BCUT2D eigenvalue weighted by Gasteiger charge is 2.09. The first-order valence-electron chi connectivity index (χ1n) is 5.05. The highest BCUT2D eigenvalue weighted by atomic mass is 35.5. The first kappa shape index (κ1) is 11.6. The van der Waals surface area contributed by atoms with E-state index in [1.165, 1.54) is 4.68 Å². The van der Waals surface area contributed by atoms with Crippen molar-refractivity contribution in [3.63, 3.8) is 0 Å². The Morgan fingerprint density at radius 1 is 1.53 bits per heavy atom. The summed E-state index contributed by atoms with van der Waals surface area (Å²) >= 11 is 5.91. The van der Waals surface area contributed by atoms with Gasteiger partial charge in [0.2, 0.25) is 5.91 Å². The number of aromatic nitrogens is 3. The van der Waals surface area contributed by atoms with Crippen LogP contribution in [0.1, 0.15) is 5.56 Å². The largest absolute Gasteiger partial charge is 0.322 e. The Morgan fingerprint density at radius 3 is 3.00 bits per heavy atom. The van der Waals surface area contributed by atoms with E-state index in [1.54, 1.807) is 30.7 Å². The molecule has 5 nitrogen and oxygen atoms in total. The van der Waals surface area contributed by atoms with Crippen molar-refractivity contribution >= 4 is 23.2 Å². The Labute approximate surface area is 103 Å². The van der Waals surface area contributed by atoms with Crippen molar-refractivity contribution in [1.82, 2.24) is 14.8 Å². The number of carbonyl (C=O) groups excluding carboxylic acids is 1. The van der Waals surface area contributed by atoms with Crippen molar-refractivity contribution in [1.29, 1.82) is 0 Å². The van der Waals surface area contributed by atoms with Gasteiger partial charge in [-0.3, -0.25) is 9.48 Å². The van der Waals surface area contributed by atoms with Crippen molar-refractivity contribution in [2.24, 2.45) is 0 Å². The highest BCUT2D eigenvalue weighted by molar-refractivity contribution is 6.32. The van der Waals surface area contributed by atoms with E-state index >= 15 is 0 Å². The maximum Gasteiger partial charge on any atom is 0.246 e. The van der Waals surface area contributed by atoms with E-state index in [0.29, 0.717) is 10.8 Å². The van der Waals surface area contributed by atoms with Crippen LogP contribution in [0.4, 0.5) is 5.69 Å². The van der Waals surface area contributed by atoms with Crippen LogP contribution < -0.4 is 5.32 Å². The van der Waals surface area contributed by atoms with Crippen LogP contribution in [-0.4, -0.2) is 20.7 Å². The van der Waals surface area contributed by atoms with Crippen LogP contribution in [0.3, 0.4) is 0 Å². The molecule has 0 aliphatic rings. The van der Waals surface area contributed by atoms with Gasteiger partial charge < -0.3 is 5.32 Å². The number of nitrogens with one attached hydrogen (secondary N) is 1. The van der Waals surface area contributed by atoms with Gasteiger partial charge >= 0.3 is 0 Å². The summed E-state index contributed by atoms with van der Waals surface area (Å²) in [5, 5.41) is 6.96. The van der Waals surface area contributed by atoms with Gasteiger partial charge in [-0.15, -0.1) is 0 Å². The predicted octanol–water partition coefficient (Wildman–Crippen LogP) is 1.88. The molecule has 0 saturated heterocycles. The molecule has 2 aromatic rings. The van der Waals surface area contributed by atoms with Crippen LogP contribution in [0.5, 0.6) is 0 Å². The molecule has 1 amide bonds. The number of nitrogens with zero attached hydrogens (tertiary/aromatic N) is 3. The summed E-state index contributed by atoms with van der Waals surface area (Å²) in [5.41, 5.74) is 1.42. The summed E-state index contributed by atoms with van der Waals surface area (Å²) in [7, 11) is 0. The van der Waals surface area contributed by atoms with Gasteiger partial charge in [0, 0.05) is 18.6 Å². The minimum Gasteiger partial charge on any atom is -0.322 e. The van der Waals surface area contributed by atoms with Crippen LogP contribution in [0.25, 0.3) is 0 Å². The third-order valence-electron chi connectivity index (χ3n) is 2.24. The molecule has 17 heavy (non-hydrogen) atoms. The van der Waals surface area contributed by atoms with Crippen molar-refractivity contribution in [3.8, 4) is 0 Å². The molecular formula is C11H11ClN4O. The van der Waals surface area contributed by atoms with Crippen molar-refractivity contribution in [2.75, 3.05) is 5.32 Å². The Hall–Kier alpha value is -1.88. The van der Waals surface area contributed by atoms with E-state index < -0.39 is 0 Å². The van der Waals surface area contributed by atoms with Gasteiger partial charge in [-0.05, 0) is 24.6 Å². The second kappa shape index (κ2) is 4.97. The Balaban J connectivity index is 2.08. The second-order valence-corrected chi connectivity index (χ2v) is 3.90. The van der Waals surface area contributed by atoms with Crippen molar-refractivity contribution in [3.05, 3.63) is 41.4 Å². The third-order valence-corrected chi connectivity index (χ3v) is 2.53. The Bertz CT molecular complexity index is 504. The number of rotatable bonds is 3. The van der Waals surface area contributed by atoms with Crippen LogP contribution in [0.15, 0.2) is 30.7 Å². The number of carbonyl (C=O) groups is 1. The van der Waals surface area contributed by atoms with E-state index in [4.69, 9.17) is 11.6 Å². The first-order chi connectivity index (χ1) is 8.16. The number of hydrogen-bond acceptors (Lipinski definition) is 3. The van der Waals surface area contributed by atoms with E-state index in [2.05, 4.69) is 15.4 Å². The molecule has 2 heterocycles. The summed E-state index contributed by atoms with van der Waals surface area (Å²) in [4.78, 5) is 15.6. The van der Waals surface area contributed by atoms with E-state index in [0.717, 1.165) is 5.56 Å². The fraction of sp³-hybridized carbons (Fsp3) is 0.182. The number of pyridine rings is 1. The monoisotopic (exact) mass is 250 g/mol. The average Bonchev–Trinajstić information content (AvgIpc) is 2.76. The van der Waals surface area contributed by atoms with E-state index in [1.807, 2.05) is 6.92 Å². The van der Waals surface area contributed by atoms with Crippen LogP contribution in [0, 0.1) is 6.92 Å². The zero-order valence-electron chi connectivity index (χ0n) is 9.22. The molecule has 0 aromatic carbocycles. The minimum absolute atomic E-state index is 0.150. The molecule has 0 spiro atoms. The Morgan fingerprint density at radius 2 is 2.35 bits per heavy atom. The lowest BCUT2D eigenvalue weighted by molar-refractivity contribution is -0.116. The molecule has 0 radical (unpaired) electrons. The van der Waals surface area contributed by atoms with Gasteiger partial charge in [-0.25, -0.2) is 4.98 Å². The minimum atomic E-state index is -0.188. The molecular weight excluding hydrogens is 240 g/mol. The van der Waals surface area contributed by atoms with Crippen LogP contribution in [-0.2, 0) is 11.3 Å². The zero-order valence-corrected chi connectivity index (χ0v) is 9.98. The number of halogens is 1. The van der Waals surface area contributed by atoms with Gasteiger partial charge in [-0.2, -0.15) is 5.10 Å². The molecule has 0 bridgehead atoms. The van der Waals surface area contributed by atoms with E-state index in [9.17, 15) is 4.79 Å². The third kappa shape index (κ3) is 2.82. The molecule has 2 aromatic heterocycles. The molecule has 0 saturated carbocycles. The van der Waals surface area contributed by atoms with Gasteiger partial charge in [0.15, 0.2) is 5.15 Å². The summed E-state index contributed by atoms with van der Waals surface area (Å²) in [5.74, 6) is -0.188. The first-order valence-corrected chi connectivity index (χ1v) is 5.43. The second-order valence-electron chi connectivity index (χ2n) is 3.55. The lowest BCUT2D eigenvalue weighted by Gasteiger charge is -2.09. The summed E-state index contributed by atoms with van der Waals surface area (Å²) in [6.45, 7) is 2.01. The van der Waals surface area contributed by atoms with Crippen LogP contribution >= 0.6 is 11.6 Å². The Kier molecular flexibility index (Phi) is 3.39. The molecule has 0 fully saturated rings. The lowest BCUT2D eigenvalue weighted by atomic mass is 10.2. The van der Waals surface area contributed by atoms with Gasteiger partial charge in [0.1, 0.15) is 6.54 Å². The molecule has 0 unspecified atom stereocenters. The molecule has 0 atom stereocenters. The SMILES string of the molecule is Cc1ccnc(Cl)c1NC(=O)Cn1cccn1. The maximum atomic E-state index is 11.7. The topological polar surface area (TPSA) is 59.8 Å². The number of hydrogen-bond donors (Lipinski definition) is 1.